The van der Waals surface area contributed by atoms with Gasteiger partial charge in [0.25, 0.3) is 0 Å². The number of hydrazone groups is 1. The number of aromatic nitrogens is 1. The minimum Gasteiger partial charge on any atom is -0.494 e. The summed E-state index contributed by atoms with van der Waals surface area (Å²) in [6.45, 7) is 0. The Hall–Kier alpha value is -2.44. The molecule has 1 N–H and O–H groups in total. The Labute approximate surface area is 147 Å². The van der Waals surface area contributed by atoms with E-state index in [1.807, 2.05) is 35.7 Å². The van der Waals surface area contributed by atoms with Crippen LogP contribution in [0, 0.1) is 5.82 Å². The summed E-state index contributed by atoms with van der Waals surface area (Å²) in [4.78, 5) is 4.45. The fourth-order valence-corrected chi connectivity index (χ4v) is 2.90. The van der Waals surface area contributed by atoms with E-state index < -0.39 is 5.82 Å². The van der Waals surface area contributed by atoms with Gasteiger partial charge in [0.1, 0.15) is 0 Å². The molecular formula is C17H13ClFN3OS. The van der Waals surface area contributed by atoms with Crippen molar-refractivity contribution in [3.63, 3.8) is 0 Å². The highest BCUT2D eigenvalue weighted by Crippen LogP contribution is 2.27. The van der Waals surface area contributed by atoms with Crippen LogP contribution in [0.1, 0.15) is 5.56 Å². The summed E-state index contributed by atoms with van der Waals surface area (Å²) >= 11 is 7.39. The van der Waals surface area contributed by atoms with Crippen LogP contribution in [0.3, 0.4) is 0 Å². The summed E-state index contributed by atoms with van der Waals surface area (Å²) in [6.07, 6.45) is 1.44. The van der Waals surface area contributed by atoms with Crippen LogP contribution >= 0.6 is 22.9 Å². The first-order chi connectivity index (χ1) is 11.7. The molecule has 0 radical (unpaired) electrons. The molecule has 3 rings (SSSR count). The summed E-state index contributed by atoms with van der Waals surface area (Å²) in [5, 5.41) is 6.59. The van der Waals surface area contributed by atoms with Gasteiger partial charge in [-0.3, -0.25) is 5.43 Å². The van der Waals surface area contributed by atoms with Crippen LogP contribution in [-0.4, -0.2) is 18.3 Å². The monoisotopic (exact) mass is 361 g/mol. The zero-order valence-corrected chi connectivity index (χ0v) is 14.2. The molecule has 0 aliphatic carbocycles. The van der Waals surface area contributed by atoms with Crippen LogP contribution in [0.15, 0.2) is 52.9 Å². The molecule has 1 aromatic heterocycles. The minimum atomic E-state index is -0.608. The lowest BCUT2D eigenvalue weighted by atomic mass is 10.2. The first-order valence-electron chi connectivity index (χ1n) is 7.01. The SMILES string of the molecule is COc1ccc(C=NNc2nc(-c3ccccc3)cs2)c(Cl)c1F. The van der Waals surface area contributed by atoms with Crippen molar-refractivity contribution in [2.75, 3.05) is 12.5 Å². The van der Waals surface area contributed by atoms with Crippen molar-refractivity contribution in [3.8, 4) is 17.0 Å². The van der Waals surface area contributed by atoms with Gasteiger partial charge in [-0.25, -0.2) is 9.37 Å². The number of hydrogen-bond donors (Lipinski definition) is 1. The standard InChI is InChI=1S/C17H13ClFN3OS/c1-23-14-8-7-12(15(18)16(14)19)9-20-22-17-21-13(10-24-17)11-5-3-2-4-6-11/h2-10H,1H3,(H,21,22). The Bertz CT molecular complexity index is 868. The Morgan fingerprint density at radius 1 is 1.25 bits per heavy atom. The fraction of sp³-hybridized carbons (Fsp3) is 0.0588. The number of hydrogen-bond acceptors (Lipinski definition) is 5. The van der Waals surface area contributed by atoms with E-state index in [2.05, 4.69) is 15.5 Å². The van der Waals surface area contributed by atoms with Gasteiger partial charge in [-0.05, 0) is 12.1 Å². The van der Waals surface area contributed by atoms with Gasteiger partial charge < -0.3 is 4.74 Å². The van der Waals surface area contributed by atoms with Gasteiger partial charge >= 0.3 is 0 Å². The highest BCUT2D eigenvalue weighted by Gasteiger charge is 2.10. The Morgan fingerprint density at radius 3 is 2.79 bits per heavy atom. The second kappa shape index (κ2) is 7.42. The van der Waals surface area contributed by atoms with Crippen molar-refractivity contribution in [2.45, 2.75) is 0 Å². The number of methoxy groups -OCH3 is 1. The normalized spacial score (nSPS) is 11.0. The lowest BCUT2D eigenvalue weighted by Gasteiger charge is -2.05. The van der Waals surface area contributed by atoms with E-state index in [0.29, 0.717) is 10.7 Å². The van der Waals surface area contributed by atoms with E-state index in [1.54, 1.807) is 6.07 Å². The quantitative estimate of drug-likeness (QED) is 0.510. The highest BCUT2D eigenvalue weighted by atomic mass is 35.5. The van der Waals surface area contributed by atoms with Gasteiger partial charge in [0.15, 0.2) is 11.6 Å². The topological polar surface area (TPSA) is 46.5 Å². The molecule has 0 amide bonds. The van der Waals surface area contributed by atoms with Crippen LogP contribution in [0.25, 0.3) is 11.3 Å². The van der Waals surface area contributed by atoms with Gasteiger partial charge in [-0.2, -0.15) is 5.10 Å². The van der Waals surface area contributed by atoms with E-state index in [-0.39, 0.29) is 10.8 Å². The molecule has 0 aliphatic rings. The van der Waals surface area contributed by atoms with Gasteiger partial charge in [0.05, 0.1) is 24.0 Å². The number of anilines is 1. The maximum atomic E-state index is 13.9. The molecule has 0 saturated heterocycles. The Balaban J connectivity index is 1.71. The molecule has 122 valence electrons. The molecule has 1 heterocycles. The van der Waals surface area contributed by atoms with Crippen molar-refractivity contribution in [3.05, 3.63) is 64.2 Å². The van der Waals surface area contributed by atoms with Gasteiger partial charge in [0, 0.05) is 16.5 Å². The largest absolute Gasteiger partial charge is 0.494 e. The lowest BCUT2D eigenvalue weighted by Crippen LogP contribution is -1.95. The number of thiazole rings is 1. The van der Waals surface area contributed by atoms with Gasteiger partial charge in [0.2, 0.25) is 5.13 Å². The highest BCUT2D eigenvalue weighted by molar-refractivity contribution is 7.14. The summed E-state index contributed by atoms with van der Waals surface area (Å²) in [5.74, 6) is -0.513. The predicted molar refractivity (Wildman–Crippen MR) is 96.7 cm³/mol. The summed E-state index contributed by atoms with van der Waals surface area (Å²) in [7, 11) is 1.39. The number of nitrogens with zero attached hydrogens (tertiary/aromatic N) is 2. The molecule has 0 bridgehead atoms. The number of ether oxygens (including phenoxy) is 1. The van der Waals surface area contributed by atoms with Crippen molar-refractivity contribution in [1.29, 1.82) is 0 Å². The molecule has 0 aliphatic heterocycles. The number of benzene rings is 2. The third kappa shape index (κ3) is 3.55. The van der Waals surface area contributed by atoms with E-state index in [1.165, 1.54) is 30.7 Å². The van der Waals surface area contributed by atoms with Crippen molar-refractivity contribution in [2.24, 2.45) is 5.10 Å². The van der Waals surface area contributed by atoms with Gasteiger partial charge in [-0.1, -0.05) is 41.9 Å². The van der Waals surface area contributed by atoms with Crippen LogP contribution < -0.4 is 10.2 Å². The molecule has 0 saturated carbocycles. The molecule has 0 fully saturated rings. The number of halogens is 2. The first kappa shape index (κ1) is 16.4. The molecule has 4 nitrogen and oxygen atoms in total. The smallest absolute Gasteiger partial charge is 0.203 e. The molecule has 24 heavy (non-hydrogen) atoms. The third-order valence-corrected chi connectivity index (χ3v) is 4.37. The molecule has 2 aromatic carbocycles. The molecule has 0 spiro atoms. The average molecular weight is 362 g/mol. The number of rotatable bonds is 5. The van der Waals surface area contributed by atoms with Crippen molar-refractivity contribution >= 4 is 34.3 Å². The van der Waals surface area contributed by atoms with E-state index in [0.717, 1.165) is 11.3 Å². The maximum Gasteiger partial charge on any atom is 0.203 e. The van der Waals surface area contributed by atoms with Crippen LogP contribution in [0.4, 0.5) is 9.52 Å². The zero-order valence-electron chi connectivity index (χ0n) is 12.7. The van der Waals surface area contributed by atoms with E-state index >= 15 is 0 Å². The maximum absolute atomic E-state index is 13.9. The molecule has 7 heteroatoms. The zero-order chi connectivity index (χ0) is 16.9. The van der Waals surface area contributed by atoms with Gasteiger partial charge in [-0.15, -0.1) is 11.3 Å². The van der Waals surface area contributed by atoms with Crippen molar-refractivity contribution < 1.29 is 9.13 Å². The Morgan fingerprint density at radius 2 is 2.04 bits per heavy atom. The second-order valence-electron chi connectivity index (χ2n) is 4.76. The first-order valence-corrected chi connectivity index (χ1v) is 8.27. The summed E-state index contributed by atoms with van der Waals surface area (Å²) in [5.41, 5.74) is 5.17. The summed E-state index contributed by atoms with van der Waals surface area (Å²) < 4.78 is 18.7. The molecule has 0 atom stereocenters. The minimum absolute atomic E-state index is 0.0380. The van der Waals surface area contributed by atoms with Crippen LogP contribution in [0.2, 0.25) is 5.02 Å². The van der Waals surface area contributed by atoms with Crippen LogP contribution in [-0.2, 0) is 0 Å². The van der Waals surface area contributed by atoms with Crippen LogP contribution in [0.5, 0.6) is 5.75 Å². The molecular weight excluding hydrogens is 349 g/mol. The number of nitrogens with one attached hydrogen (secondary N) is 1. The van der Waals surface area contributed by atoms with Crippen molar-refractivity contribution in [1.82, 2.24) is 4.98 Å². The average Bonchev–Trinajstić information content (AvgIpc) is 3.08. The molecule has 0 unspecified atom stereocenters. The Kier molecular flexibility index (Phi) is 5.08. The molecule has 3 aromatic rings. The second-order valence-corrected chi connectivity index (χ2v) is 6.00. The van der Waals surface area contributed by atoms with E-state index in [4.69, 9.17) is 16.3 Å². The summed E-state index contributed by atoms with van der Waals surface area (Å²) in [6, 6.07) is 13.0. The van der Waals surface area contributed by atoms with E-state index in [9.17, 15) is 4.39 Å². The lowest BCUT2D eigenvalue weighted by molar-refractivity contribution is 0.386. The fourth-order valence-electron chi connectivity index (χ4n) is 2.03. The predicted octanol–water partition coefficient (Wildman–Crippen LogP) is 5.06. The third-order valence-electron chi connectivity index (χ3n) is 3.23.